The van der Waals surface area contributed by atoms with Crippen LogP contribution in [-0.2, 0) is 6.42 Å². The molecular weight excluding hydrogens is 293 g/mol. The first-order chi connectivity index (χ1) is 9.60. The molecule has 20 heavy (non-hydrogen) atoms. The van der Waals surface area contributed by atoms with Crippen molar-refractivity contribution in [1.82, 2.24) is 10.3 Å². The van der Waals surface area contributed by atoms with E-state index in [2.05, 4.69) is 17.2 Å². The van der Waals surface area contributed by atoms with Crippen LogP contribution in [0.1, 0.15) is 24.1 Å². The molecule has 0 fully saturated rings. The first-order valence-corrected chi connectivity index (χ1v) is 7.24. The second-order valence-corrected chi connectivity index (χ2v) is 5.45. The molecule has 0 amide bonds. The number of rotatable bonds is 5. The van der Waals surface area contributed by atoms with E-state index in [-0.39, 0.29) is 6.04 Å². The molecule has 3 N–H and O–H groups in total. The minimum Gasteiger partial charge on any atom is -0.383 e. The number of aromatic nitrogens is 1. The zero-order chi connectivity index (χ0) is 14.5. The number of hydrogen-bond acceptors (Lipinski definition) is 3. The molecule has 0 aliphatic heterocycles. The van der Waals surface area contributed by atoms with Crippen molar-refractivity contribution in [1.29, 1.82) is 0 Å². The van der Waals surface area contributed by atoms with Crippen LogP contribution in [0, 0.1) is 0 Å². The fourth-order valence-electron chi connectivity index (χ4n) is 2.18. The summed E-state index contributed by atoms with van der Waals surface area (Å²) in [5, 5.41) is 4.73. The van der Waals surface area contributed by atoms with Gasteiger partial charge in [-0.1, -0.05) is 42.3 Å². The Hall–Kier alpha value is -1.29. The van der Waals surface area contributed by atoms with Gasteiger partial charge in [0.1, 0.15) is 5.82 Å². The van der Waals surface area contributed by atoms with Gasteiger partial charge in [-0.3, -0.25) is 0 Å². The zero-order valence-electron chi connectivity index (χ0n) is 11.2. The summed E-state index contributed by atoms with van der Waals surface area (Å²) in [6.45, 7) is 2.89. The van der Waals surface area contributed by atoms with Crippen LogP contribution in [-0.4, -0.2) is 11.5 Å². The number of hydrogen-bond donors (Lipinski definition) is 2. The van der Waals surface area contributed by atoms with Crippen LogP contribution >= 0.6 is 23.2 Å². The molecule has 5 heteroatoms. The van der Waals surface area contributed by atoms with E-state index in [1.807, 2.05) is 30.3 Å². The van der Waals surface area contributed by atoms with E-state index >= 15 is 0 Å². The highest BCUT2D eigenvalue weighted by Gasteiger charge is 2.15. The molecule has 0 saturated heterocycles. The summed E-state index contributed by atoms with van der Waals surface area (Å²) in [5.74, 6) is 0.502. The summed E-state index contributed by atoms with van der Waals surface area (Å²) in [5.41, 5.74) is 8.03. The number of likely N-dealkylation sites (N-methyl/N-ethyl adjacent to an activating group) is 1. The summed E-state index contributed by atoms with van der Waals surface area (Å²) in [6, 6.07) is 9.74. The summed E-state index contributed by atoms with van der Waals surface area (Å²) in [7, 11) is 0. The SMILES string of the molecule is CCNC(Cc1cccc(Cl)c1)c1cc(Cl)cnc1N. The minimum atomic E-state index is 0.0599. The lowest BCUT2D eigenvalue weighted by Crippen LogP contribution is -2.24. The number of nitrogens with zero attached hydrogens (tertiary/aromatic N) is 1. The Morgan fingerprint density at radius 1 is 1.25 bits per heavy atom. The second kappa shape index (κ2) is 6.93. The first kappa shape index (κ1) is 15.1. The number of pyridine rings is 1. The molecule has 0 radical (unpaired) electrons. The van der Waals surface area contributed by atoms with Crippen molar-refractivity contribution < 1.29 is 0 Å². The van der Waals surface area contributed by atoms with Crippen LogP contribution in [0.4, 0.5) is 5.82 Å². The molecule has 3 nitrogen and oxygen atoms in total. The van der Waals surface area contributed by atoms with Gasteiger partial charge in [0.05, 0.1) is 5.02 Å². The van der Waals surface area contributed by atoms with Crippen LogP contribution in [0.2, 0.25) is 10.0 Å². The van der Waals surface area contributed by atoms with Gasteiger partial charge in [0.15, 0.2) is 0 Å². The van der Waals surface area contributed by atoms with Crippen molar-refractivity contribution in [3.8, 4) is 0 Å². The number of benzene rings is 1. The van der Waals surface area contributed by atoms with E-state index in [9.17, 15) is 0 Å². The maximum absolute atomic E-state index is 6.03. The van der Waals surface area contributed by atoms with E-state index in [1.54, 1.807) is 6.20 Å². The largest absolute Gasteiger partial charge is 0.383 e. The maximum Gasteiger partial charge on any atom is 0.128 e. The molecule has 1 aromatic carbocycles. The molecule has 0 saturated carbocycles. The fourth-order valence-corrected chi connectivity index (χ4v) is 2.56. The smallest absolute Gasteiger partial charge is 0.128 e. The molecule has 0 aliphatic rings. The Bertz CT molecular complexity index is 587. The summed E-state index contributed by atoms with van der Waals surface area (Å²) >= 11 is 12.1. The molecule has 0 aliphatic carbocycles. The average molecular weight is 310 g/mol. The highest BCUT2D eigenvalue weighted by Crippen LogP contribution is 2.26. The van der Waals surface area contributed by atoms with Crippen LogP contribution in [0.15, 0.2) is 36.5 Å². The van der Waals surface area contributed by atoms with E-state index in [1.165, 1.54) is 0 Å². The minimum absolute atomic E-state index is 0.0599. The van der Waals surface area contributed by atoms with Crippen LogP contribution in [0.25, 0.3) is 0 Å². The molecule has 1 atom stereocenters. The van der Waals surface area contributed by atoms with Gasteiger partial charge in [-0.2, -0.15) is 0 Å². The third-order valence-electron chi connectivity index (χ3n) is 3.07. The van der Waals surface area contributed by atoms with Gasteiger partial charge in [-0.25, -0.2) is 4.98 Å². The summed E-state index contributed by atoms with van der Waals surface area (Å²) in [6.07, 6.45) is 2.34. The van der Waals surface area contributed by atoms with E-state index in [0.29, 0.717) is 10.8 Å². The maximum atomic E-state index is 6.03. The lowest BCUT2D eigenvalue weighted by molar-refractivity contribution is 0.550. The van der Waals surface area contributed by atoms with Gasteiger partial charge in [-0.15, -0.1) is 0 Å². The van der Waals surface area contributed by atoms with Crippen LogP contribution in [0.3, 0.4) is 0 Å². The van der Waals surface area contributed by atoms with Gasteiger partial charge < -0.3 is 11.1 Å². The van der Waals surface area contributed by atoms with Crippen LogP contribution in [0.5, 0.6) is 0 Å². The third-order valence-corrected chi connectivity index (χ3v) is 3.51. The molecule has 0 spiro atoms. The quantitative estimate of drug-likeness (QED) is 0.881. The van der Waals surface area contributed by atoms with Gasteiger partial charge >= 0.3 is 0 Å². The summed E-state index contributed by atoms with van der Waals surface area (Å²) in [4.78, 5) is 4.12. The summed E-state index contributed by atoms with van der Waals surface area (Å²) < 4.78 is 0. The predicted octanol–water partition coefficient (Wildman–Crippen LogP) is 3.86. The zero-order valence-corrected chi connectivity index (χ0v) is 12.7. The highest BCUT2D eigenvalue weighted by atomic mass is 35.5. The molecule has 1 aromatic heterocycles. The van der Waals surface area contributed by atoms with Gasteiger partial charge in [0, 0.05) is 22.8 Å². The number of nitrogen functional groups attached to an aromatic ring is 1. The van der Waals surface area contributed by atoms with E-state index in [4.69, 9.17) is 28.9 Å². The van der Waals surface area contributed by atoms with Crippen molar-refractivity contribution >= 4 is 29.0 Å². The topological polar surface area (TPSA) is 50.9 Å². The number of anilines is 1. The van der Waals surface area contributed by atoms with Gasteiger partial charge in [-0.05, 0) is 36.7 Å². The van der Waals surface area contributed by atoms with E-state index in [0.717, 1.165) is 29.1 Å². The molecule has 1 heterocycles. The van der Waals surface area contributed by atoms with Crippen molar-refractivity contribution in [3.05, 3.63) is 57.7 Å². The molecule has 1 unspecified atom stereocenters. The van der Waals surface area contributed by atoms with Gasteiger partial charge in [0.25, 0.3) is 0 Å². The normalized spacial score (nSPS) is 12.3. The Balaban J connectivity index is 2.29. The molecule has 0 bridgehead atoms. The third kappa shape index (κ3) is 3.85. The molecule has 2 rings (SSSR count). The van der Waals surface area contributed by atoms with Crippen LogP contribution < -0.4 is 11.1 Å². The Kier molecular flexibility index (Phi) is 5.24. The van der Waals surface area contributed by atoms with Crippen molar-refractivity contribution in [2.24, 2.45) is 0 Å². The van der Waals surface area contributed by atoms with Crippen molar-refractivity contribution in [2.45, 2.75) is 19.4 Å². The second-order valence-electron chi connectivity index (χ2n) is 4.57. The number of nitrogens with two attached hydrogens (primary N) is 1. The number of nitrogens with one attached hydrogen (secondary N) is 1. The van der Waals surface area contributed by atoms with Crippen molar-refractivity contribution in [3.63, 3.8) is 0 Å². The Morgan fingerprint density at radius 3 is 2.75 bits per heavy atom. The first-order valence-electron chi connectivity index (χ1n) is 6.49. The molecular formula is C15H17Cl2N3. The van der Waals surface area contributed by atoms with Crippen molar-refractivity contribution in [2.75, 3.05) is 12.3 Å². The lowest BCUT2D eigenvalue weighted by atomic mass is 9.99. The predicted molar refractivity (Wildman–Crippen MR) is 85.2 cm³/mol. The Labute approximate surface area is 129 Å². The highest BCUT2D eigenvalue weighted by molar-refractivity contribution is 6.30. The monoisotopic (exact) mass is 309 g/mol. The fraction of sp³-hybridized carbons (Fsp3) is 0.267. The molecule has 106 valence electrons. The Morgan fingerprint density at radius 2 is 2.05 bits per heavy atom. The molecule has 2 aromatic rings. The van der Waals surface area contributed by atoms with Gasteiger partial charge in [0.2, 0.25) is 0 Å². The number of halogens is 2. The average Bonchev–Trinajstić information content (AvgIpc) is 2.41. The lowest BCUT2D eigenvalue weighted by Gasteiger charge is -2.20. The van der Waals surface area contributed by atoms with E-state index < -0.39 is 0 Å². The standard InChI is InChI=1S/C15H17Cl2N3/c1-2-19-14(7-10-4-3-5-11(16)6-10)13-8-12(17)9-20-15(13)18/h3-6,8-9,14,19H,2,7H2,1H3,(H2,18,20).